The van der Waals surface area contributed by atoms with Gasteiger partial charge in [-0.25, -0.2) is 4.79 Å². The lowest BCUT2D eigenvalue weighted by molar-refractivity contribution is -0.147. The molecule has 7 heteroatoms. The van der Waals surface area contributed by atoms with Gasteiger partial charge in [-0.3, -0.25) is 9.59 Å². The lowest BCUT2D eigenvalue weighted by Crippen LogP contribution is -2.42. The van der Waals surface area contributed by atoms with Gasteiger partial charge in [0.05, 0.1) is 13.5 Å². The molecule has 0 bridgehead atoms. The quantitative estimate of drug-likeness (QED) is 0.790. The van der Waals surface area contributed by atoms with Crippen molar-refractivity contribution in [3.8, 4) is 0 Å². The molecule has 1 atom stereocenters. The molecule has 0 saturated heterocycles. The number of esters is 1. The number of hydrogen-bond donors (Lipinski definition) is 2. The summed E-state index contributed by atoms with van der Waals surface area (Å²) < 4.78 is 5.21. The van der Waals surface area contributed by atoms with Crippen LogP contribution in [0, 0.1) is 6.92 Å². The maximum atomic E-state index is 12.0. The van der Waals surface area contributed by atoms with E-state index in [0.717, 1.165) is 11.6 Å². The highest BCUT2D eigenvalue weighted by atomic mass is 79.9. The number of hydrogen-bond acceptors (Lipinski definition) is 4. The van der Waals surface area contributed by atoms with Gasteiger partial charge in [-0.15, -0.1) is 0 Å². The number of halogens is 1. The SMILES string of the molecule is COC(=O)C[C@H](NC(=O)c1ccc(Br)cc1C)C(=O)O. The molecule has 0 aromatic heterocycles. The molecule has 6 nitrogen and oxygen atoms in total. The number of carbonyl (C=O) groups excluding carboxylic acids is 2. The Morgan fingerprint density at radius 1 is 1.40 bits per heavy atom. The molecule has 108 valence electrons. The van der Waals surface area contributed by atoms with E-state index in [1.54, 1.807) is 25.1 Å². The van der Waals surface area contributed by atoms with Crippen LogP contribution in [0.15, 0.2) is 22.7 Å². The van der Waals surface area contributed by atoms with E-state index in [1.807, 2.05) is 0 Å². The lowest BCUT2D eigenvalue weighted by atomic mass is 10.1. The van der Waals surface area contributed by atoms with Crippen LogP contribution in [0.4, 0.5) is 0 Å². The van der Waals surface area contributed by atoms with Crippen LogP contribution in [0.5, 0.6) is 0 Å². The van der Waals surface area contributed by atoms with Crippen LogP contribution < -0.4 is 5.32 Å². The first-order chi connectivity index (χ1) is 9.35. The maximum Gasteiger partial charge on any atom is 0.326 e. The van der Waals surface area contributed by atoms with E-state index in [2.05, 4.69) is 26.0 Å². The normalized spacial score (nSPS) is 11.6. The molecular formula is C13H14BrNO5. The number of methoxy groups -OCH3 is 1. The van der Waals surface area contributed by atoms with Crippen molar-refractivity contribution in [2.24, 2.45) is 0 Å². The van der Waals surface area contributed by atoms with Crippen LogP contribution in [-0.4, -0.2) is 36.1 Å². The number of amides is 1. The molecule has 20 heavy (non-hydrogen) atoms. The summed E-state index contributed by atoms with van der Waals surface area (Å²) in [4.78, 5) is 34.2. The molecule has 0 radical (unpaired) electrons. The highest BCUT2D eigenvalue weighted by Crippen LogP contribution is 2.16. The summed E-state index contributed by atoms with van der Waals surface area (Å²) >= 11 is 3.27. The van der Waals surface area contributed by atoms with E-state index in [-0.39, 0.29) is 0 Å². The second kappa shape index (κ2) is 7.04. The third-order valence-electron chi connectivity index (χ3n) is 2.63. The Labute approximate surface area is 124 Å². The van der Waals surface area contributed by atoms with E-state index >= 15 is 0 Å². The average Bonchev–Trinajstić information content (AvgIpc) is 2.37. The summed E-state index contributed by atoms with van der Waals surface area (Å²) in [7, 11) is 1.15. The minimum absolute atomic E-state index is 0.351. The Kier molecular flexibility index (Phi) is 5.69. The number of rotatable bonds is 5. The first-order valence-electron chi connectivity index (χ1n) is 5.71. The zero-order valence-electron chi connectivity index (χ0n) is 11.0. The van der Waals surface area contributed by atoms with E-state index < -0.39 is 30.3 Å². The van der Waals surface area contributed by atoms with Gasteiger partial charge in [0.15, 0.2) is 0 Å². The molecular weight excluding hydrogens is 330 g/mol. The van der Waals surface area contributed by atoms with Crippen LogP contribution in [0.1, 0.15) is 22.3 Å². The minimum Gasteiger partial charge on any atom is -0.480 e. The first kappa shape index (κ1) is 16.2. The van der Waals surface area contributed by atoms with Crippen molar-refractivity contribution < 1.29 is 24.2 Å². The van der Waals surface area contributed by atoms with Crippen molar-refractivity contribution >= 4 is 33.8 Å². The van der Waals surface area contributed by atoms with Gasteiger partial charge in [0.25, 0.3) is 5.91 Å². The van der Waals surface area contributed by atoms with E-state index in [9.17, 15) is 14.4 Å². The predicted molar refractivity (Wildman–Crippen MR) is 74.4 cm³/mol. The minimum atomic E-state index is -1.32. The van der Waals surface area contributed by atoms with Crippen LogP contribution >= 0.6 is 15.9 Å². The topological polar surface area (TPSA) is 92.7 Å². The number of carboxylic acid groups (broad SMARTS) is 1. The van der Waals surface area contributed by atoms with Crippen molar-refractivity contribution in [3.05, 3.63) is 33.8 Å². The van der Waals surface area contributed by atoms with Gasteiger partial charge in [-0.2, -0.15) is 0 Å². The smallest absolute Gasteiger partial charge is 0.326 e. The fourth-order valence-corrected chi connectivity index (χ4v) is 2.04. The fraction of sp³-hybridized carbons (Fsp3) is 0.308. The van der Waals surface area contributed by atoms with E-state index in [1.165, 1.54) is 0 Å². The number of carbonyl (C=O) groups is 3. The van der Waals surface area contributed by atoms with Gasteiger partial charge < -0.3 is 15.2 Å². The van der Waals surface area contributed by atoms with Crippen molar-refractivity contribution in [2.75, 3.05) is 7.11 Å². The Balaban J connectivity index is 2.85. The monoisotopic (exact) mass is 343 g/mol. The molecule has 0 unspecified atom stereocenters. The van der Waals surface area contributed by atoms with Crippen LogP contribution in [-0.2, 0) is 14.3 Å². The zero-order chi connectivity index (χ0) is 15.3. The Bertz CT molecular complexity index is 544. The van der Waals surface area contributed by atoms with Crippen molar-refractivity contribution in [1.29, 1.82) is 0 Å². The predicted octanol–water partition coefficient (Wildman–Crippen LogP) is 1.50. The van der Waals surface area contributed by atoms with Crippen LogP contribution in [0.25, 0.3) is 0 Å². The Morgan fingerprint density at radius 2 is 2.05 bits per heavy atom. The van der Waals surface area contributed by atoms with Gasteiger partial charge in [-0.1, -0.05) is 15.9 Å². The molecule has 1 rings (SSSR count). The number of benzene rings is 1. The summed E-state index contributed by atoms with van der Waals surface area (Å²) in [6, 6.07) is 3.67. The molecule has 0 aliphatic carbocycles. The largest absolute Gasteiger partial charge is 0.480 e. The van der Waals surface area contributed by atoms with Crippen molar-refractivity contribution in [3.63, 3.8) is 0 Å². The maximum absolute atomic E-state index is 12.0. The third kappa shape index (κ3) is 4.34. The van der Waals surface area contributed by atoms with E-state index in [4.69, 9.17) is 5.11 Å². The number of carboxylic acids is 1. The lowest BCUT2D eigenvalue weighted by Gasteiger charge is -2.14. The number of ether oxygens (including phenoxy) is 1. The summed E-state index contributed by atoms with van der Waals surface area (Å²) in [6.45, 7) is 1.73. The van der Waals surface area contributed by atoms with Gasteiger partial charge in [0, 0.05) is 10.0 Å². The number of aryl methyl sites for hydroxylation is 1. The van der Waals surface area contributed by atoms with Crippen molar-refractivity contribution in [2.45, 2.75) is 19.4 Å². The molecule has 0 spiro atoms. The highest BCUT2D eigenvalue weighted by Gasteiger charge is 2.24. The fourth-order valence-electron chi connectivity index (χ4n) is 1.57. The van der Waals surface area contributed by atoms with Gasteiger partial charge in [-0.05, 0) is 30.7 Å². The second-order valence-electron chi connectivity index (χ2n) is 4.10. The average molecular weight is 344 g/mol. The zero-order valence-corrected chi connectivity index (χ0v) is 12.6. The first-order valence-corrected chi connectivity index (χ1v) is 6.51. The van der Waals surface area contributed by atoms with Gasteiger partial charge >= 0.3 is 11.9 Å². The molecule has 0 saturated carbocycles. The Morgan fingerprint density at radius 3 is 2.55 bits per heavy atom. The number of aliphatic carboxylic acids is 1. The molecule has 1 aromatic carbocycles. The summed E-state index contributed by atoms with van der Waals surface area (Å²) in [5, 5.41) is 11.3. The summed E-state index contributed by atoms with van der Waals surface area (Å²) in [5.41, 5.74) is 1.04. The van der Waals surface area contributed by atoms with Crippen LogP contribution in [0.3, 0.4) is 0 Å². The second-order valence-corrected chi connectivity index (χ2v) is 5.02. The Hall–Kier alpha value is -1.89. The van der Waals surface area contributed by atoms with Crippen molar-refractivity contribution in [1.82, 2.24) is 5.32 Å². The molecule has 0 aliphatic heterocycles. The standard InChI is InChI=1S/C13H14BrNO5/c1-7-5-8(14)3-4-9(7)12(17)15-10(13(18)19)6-11(16)20-2/h3-5,10H,6H2,1-2H3,(H,15,17)(H,18,19)/t10-/m0/s1. The van der Waals surface area contributed by atoms with Crippen LogP contribution in [0.2, 0.25) is 0 Å². The third-order valence-corrected chi connectivity index (χ3v) is 3.13. The molecule has 0 heterocycles. The highest BCUT2D eigenvalue weighted by molar-refractivity contribution is 9.10. The van der Waals surface area contributed by atoms with Gasteiger partial charge in [0.1, 0.15) is 6.04 Å². The summed E-state index contributed by atoms with van der Waals surface area (Å²) in [6.07, 6.45) is -0.423. The number of nitrogens with one attached hydrogen (secondary N) is 1. The molecule has 1 aromatic rings. The van der Waals surface area contributed by atoms with Gasteiger partial charge in [0.2, 0.25) is 0 Å². The molecule has 0 aliphatic rings. The molecule has 0 fully saturated rings. The molecule has 1 amide bonds. The van der Waals surface area contributed by atoms with E-state index in [0.29, 0.717) is 11.1 Å². The summed E-state index contributed by atoms with van der Waals surface area (Å²) in [5.74, 6) is -2.55. The molecule has 2 N–H and O–H groups in total.